The van der Waals surface area contributed by atoms with Gasteiger partial charge in [0.2, 0.25) is 0 Å². The van der Waals surface area contributed by atoms with Crippen LogP contribution in [0.1, 0.15) is 22.6 Å². The van der Waals surface area contributed by atoms with Crippen molar-refractivity contribution in [1.29, 1.82) is 0 Å². The van der Waals surface area contributed by atoms with E-state index >= 15 is 0 Å². The third-order valence-electron chi connectivity index (χ3n) is 4.75. The molecule has 21 heavy (non-hydrogen) atoms. The van der Waals surface area contributed by atoms with Gasteiger partial charge in [0.05, 0.1) is 0 Å². The van der Waals surface area contributed by atoms with Crippen LogP contribution in [0.2, 0.25) is 0 Å². The molecule has 0 amide bonds. The molecule has 106 valence electrons. The van der Waals surface area contributed by atoms with Crippen LogP contribution >= 0.6 is 11.3 Å². The van der Waals surface area contributed by atoms with E-state index in [-0.39, 0.29) is 0 Å². The molecule has 1 aliphatic carbocycles. The largest absolute Gasteiger partial charge is 0.316 e. The zero-order chi connectivity index (χ0) is 14.2. The van der Waals surface area contributed by atoms with Crippen molar-refractivity contribution in [3.63, 3.8) is 0 Å². The molecule has 1 aromatic heterocycles. The average Bonchev–Trinajstić information content (AvgIpc) is 2.91. The summed E-state index contributed by atoms with van der Waals surface area (Å²) in [6, 6.07) is 18.1. The van der Waals surface area contributed by atoms with Gasteiger partial charge in [0, 0.05) is 16.7 Å². The zero-order valence-corrected chi connectivity index (χ0v) is 13.0. The summed E-state index contributed by atoms with van der Waals surface area (Å²) in [7, 11) is 2.10. The summed E-state index contributed by atoms with van der Waals surface area (Å²) < 4.78 is 1.40. The molecular formula is C19H19NS. The topological polar surface area (TPSA) is 12.0 Å². The summed E-state index contributed by atoms with van der Waals surface area (Å²) in [5.41, 5.74) is 4.55. The van der Waals surface area contributed by atoms with Gasteiger partial charge in [0.1, 0.15) is 0 Å². The summed E-state index contributed by atoms with van der Waals surface area (Å²) >= 11 is 1.86. The predicted molar refractivity (Wildman–Crippen MR) is 91.3 cm³/mol. The number of benzene rings is 2. The van der Waals surface area contributed by atoms with Crippen LogP contribution < -0.4 is 5.32 Å². The minimum Gasteiger partial charge on any atom is -0.316 e. The van der Waals surface area contributed by atoms with Gasteiger partial charge in [-0.15, -0.1) is 11.3 Å². The van der Waals surface area contributed by atoms with Crippen LogP contribution in [0.25, 0.3) is 10.1 Å². The highest BCUT2D eigenvalue weighted by molar-refractivity contribution is 7.17. The van der Waals surface area contributed by atoms with Gasteiger partial charge in [0.25, 0.3) is 0 Å². The van der Waals surface area contributed by atoms with Crippen molar-refractivity contribution in [2.24, 2.45) is 0 Å². The molecule has 4 rings (SSSR count). The molecule has 0 bridgehead atoms. The van der Waals surface area contributed by atoms with Gasteiger partial charge in [-0.1, -0.05) is 42.5 Å². The first-order valence-corrected chi connectivity index (χ1v) is 8.45. The van der Waals surface area contributed by atoms with Gasteiger partial charge < -0.3 is 5.32 Å². The summed E-state index contributed by atoms with van der Waals surface area (Å²) in [6.45, 7) is 0. The second-order valence-electron chi connectivity index (χ2n) is 5.87. The number of thiophene rings is 1. The Labute approximate surface area is 129 Å². The molecule has 2 aromatic carbocycles. The molecule has 2 atom stereocenters. The Morgan fingerprint density at radius 2 is 1.95 bits per heavy atom. The first-order valence-electron chi connectivity index (χ1n) is 7.57. The normalized spacial score (nSPS) is 18.2. The lowest BCUT2D eigenvalue weighted by atomic mass is 9.72. The molecular weight excluding hydrogens is 274 g/mol. The Balaban J connectivity index is 1.61. The van der Waals surface area contributed by atoms with Gasteiger partial charge in [-0.2, -0.15) is 0 Å². The van der Waals surface area contributed by atoms with Gasteiger partial charge in [-0.3, -0.25) is 0 Å². The molecule has 0 saturated heterocycles. The van der Waals surface area contributed by atoms with Crippen molar-refractivity contribution >= 4 is 21.4 Å². The van der Waals surface area contributed by atoms with E-state index in [1.165, 1.54) is 33.2 Å². The summed E-state index contributed by atoms with van der Waals surface area (Å²) in [5, 5.41) is 7.31. The second kappa shape index (κ2) is 5.28. The van der Waals surface area contributed by atoms with E-state index in [0.717, 1.165) is 6.42 Å². The Morgan fingerprint density at radius 1 is 1.14 bits per heavy atom. The summed E-state index contributed by atoms with van der Waals surface area (Å²) in [6.07, 6.45) is 2.32. The first kappa shape index (κ1) is 13.1. The van der Waals surface area contributed by atoms with E-state index < -0.39 is 0 Å². The van der Waals surface area contributed by atoms with Gasteiger partial charge in [0.15, 0.2) is 0 Å². The number of nitrogens with one attached hydrogen (secondary N) is 1. The van der Waals surface area contributed by atoms with Crippen molar-refractivity contribution < 1.29 is 0 Å². The van der Waals surface area contributed by atoms with Gasteiger partial charge >= 0.3 is 0 Å². The molecule has 0 spiro atoms. The summed E-state index contributed by atoms with van der Waals surface area (Å²) in [5.74, 6) is 0.657. The molecule has 0 radical (unpaired) electrons. The van der Waals surface area contributed by atoms with E-state index in [2.05, 4.69) is 66.3 Å². The maximum absolute atomic E-state index is 3.55. The second-order valence-corrected chi connectivity index (χ2v) is 6.78. The Morgan fingerprint density at radius 3 is 2.81 bits per heavy atom. The minimum atomic E-state index is 0.526. The summed E-state index contributed by atoms with van der Waals surface area (Å²) in [4.78, 5) is 0. The van der Waals surface area contributed by atoms with Crippen LogP contribution in [-0.4, -0.2) is 13.1 Å². The maximum atomic E-state index is 3.55. The number of hydrogen-bond acceptors (Lipinski definition) is 2. The molecule has 1 heterocycles. The molecule has 2 unspecified atom stereocenters. The van der Waals surface area contributed by atoms with Gasteiger partial charge in [-0.25, -0.2) is 0 Å². The van der Waals surface area contributed by atoms with E-state index in [9.17, 15) is 0 Å². The predicted octanol–water partition coefficient (Wildman–Crippen LogP) is 4.37. The smallest absolute Gasteiger partial charge is 0.0345 e. The van der Waals surface area contributed by atoms with E-state index in [1.807, 2.05) is 11.3 Å². The molecule has 1 N–H and O–H groups in total. The molecule has 0 saturated carbocycles. The fourth-order valence-corrected chi connectivity index (χ4v) is 4.51. The SMILES string of the molecule is CNC(Cc1csc2ccccc12)C1Cc2ccccc21. The highest BCUT2D eigenvalue weighted by Crippen LogP contribution is 2.39. The Hall–Kier alpha value is -1.64. The highest BCUT2D eigenvalue weighted by atomic mass is 32.1. The third-order valence-corrected chi connectivity index (χ3v) is 5.76. The molecule has 1 aliphatic rings. The zero-order valence-electron chi connectivity index (χ0n) is 12.2. The number of rotatable bonds is 4. The molecule has 3 aromatic rings. The van der Waals surface area contributed by atoms with Crippen LogP contribution in [0.15, 0.2) is 53.9 Å². The molecule has 1 nitrogen and oxygen atoms in total. The van der Waals surface area contributed by atoms with E-state index in [1.54, 1.807) is 0 Å². The minimum absolute atomic E-state index is 0.526. The van der Waals surface area contributed by atoms with Gasteiger partial charge in [-0.05, 0) is 53.4 Å². The van der Waals surface area contributed by atoms with Crippen molar-refractivity contribution in [2.75, 3.05) is 7.05 Å². The number of likely N-dealkylation sites (N-methyl/N-ethyl adjacent to an activating group) is 1. The third kappa shape index (κ3) is 2.19. The first-order chi connectivity index (χ1) is 10.4. The Bertz CT molecular complexity index is 774. The maximum Gasteiger partial charge on any atom is 0.0345 e. The van der Waals surface area contributed by atoms with Crippen LogP contribution in [0.3, 0.4) is 0 Å². The van der Waals surface area contributed by atoms with Crippen LogP contribution in [0, 0.1) is 0 Å². The van der Waals surface area contributed by atoms with Crippen molar-refractivity contribution in [1.82, 2.24) is 5.32 Å². The lowest BCUT2D eigenvalue weighted by molar-refractivity contribution is 0.423. The quantitative estimate of drug-likeness (QED) is 0.753. The van der Waals surface area contributed by atoms with E-state index in [4.69, 9.17) is 0 Å². The number of fused-ring (bicyclic) bond motifs is 2. The fourth-order valence-electron chi connectivity index (χ4n) is 3.53. The lowest BCUT2D eigenvalue weighted by Gasteiger charge is -2.36. The molecule has 0 aliphatic heterocycles. The molecule has 2 heteroatoms. The molecule has 0 fully saturated rings. The van der Waals surface area contributed by atoms with Crippen molar-refractivity contribution in [2.45, 2.75) is 24.8 Å². The average molecular weight is 293 g/mol. The number of hydrogen-bond donors (Lipinski definition) is 1. The standard InChI is InChI=1S/C19H19NS/c1-20-18(17-10-13-6-2-3-7-15(13)17)11-14-12-21-19-9-5-4-8-16(14)19/h2-9,12,17-18,20H,10-11H2,1H3. The Kier molecular flexibility index (Phi) is 3.28. The van der Waals surface area contributed by atoms with Crippen molar-refractivity contribution in [3.05, 3.63) is 70.6 Å². The van der Waals surface area contributed by atoms with Crippen molar-refractivity contribution in [3.8, 4) is 0 Å². The van der Waals surface area contributed by atoms with Crippen LogP contribution in [0.5, 0.6) is 0 Å². The van der Waals surface area contributed by atoms with E-state index in [0.29, 0.717) is 12.0 Å². The fraction of sp³-hybridized carbons (Fsp3) is 0.263. The van der Waals surface area contributed by atoms with Crippen LogP contribution in [-0.2, 0) is 12.8 Å². The lowest BCUT2D eigenvalue weighted by Crippen LogP contribution is -2.39. The highest BCUT2D eigenvalue weighted by Gasteiger charge is 2.32. The monoisotopic (exact) mass is 293 g/mol. The van der Waals surface area contributed by atoms with Crippen LogP contribution in [0.4, 0.5) is 0 Å².